The second-order valence-corrected chi connectivity index (χ2v) is 5.72. The lowest BCUT2D eigenvalue weighted by molar-refractivity contribution is 1.04. The second kappa shape index (κ2) is 6.60. The molecule has 0 saturated heterocycles. The molecule has 1 saturated carbocycles. The topological polar surface area (TPSA) is 26.0 Å². The first-order chi connectivity index (χ1) is 9.29. The molecule has 1 nitrogen and oxygen atoms in total. The monoisotopic (exact) mass is 269 g/mol. The Kier molecular flexibility index (Phi) is 5.38. The van der Waals surface area contributed by atoms with Crippen LogP contribution in [0.3, 0.4) is 0 Å². The number of nitrogens with two attached hydrogens (primary N) is 1. The summed E-state index contributed by atoms with van der Waals surface area (Å²) in [5.41, 5.74) is 15.6. The molecule has 0 spiro atoms. The maximum Gasteiger partial charge on any atom is 0.0352 e. The third kappa shape index (κ3) is 3.86. The first-order valence-corrected chi connectivity index (χ1v) is 7.18. The van der Waals surface area contributed by atoms with Crippen molar-refractivity contribution >= 4 is 0 Å². The van der Waals surface area contributed by atoms with Crippen molar-refractivity contribution in [1.29, 1.82) is 0 Å². The average molecular weight is 269 g/mol. The van der Waals surface area contributed by atoms with Gasteiger partial charge in [-0.3, -0.25) is 0 Å². The van der Waals surface area contributed by atoms with Gasteiger partial charge >= 0.3 is 0 Å². The predicted molar refractivity (Wildman–Crippen MR) is 90.3 cm³/mol. The molecule has 0 aromatic rings. The van der Waals surface area contributed by atoms with Gasteiger partial charge in [0, 0.05) is 5.70 Å². The molecule has 0 bridgehead atoms. The van der Waals surface area contributed by atoms with E-state index in [1.54, 1.807) is 0 Å². The van der Waals surface area contributed by atoms with Crippen molar-refractivity contribution in [3.8, 4) is 0 Å². The smallest absolute Gasteiger partial charge is 0.0352 e. The highest BCUT2D eigenvalue weighted by molar-refractivity contribution is 5.80. The van der Waals surface area contributed by atoms with E-state index in [0.717, 1.165) is 29.7 Å². The summed E-state index contributed by atoms with van der Waals surface area (Å²) in [6.45, 7) is 18.4. The fourth-order valence-electron chi connectivity index (χ4n) is 2.02. The summed E-state index contributed by atoms with van der Waals surface area (Å²) in [6.07, 6.45) is 6.32. The molecule has 0 radical (unpaired) electrons. The van der Waals surface area contributed by atoms with Gasteiger partial charge in [-0.15, -0.1) is 0 Å². The molecule has 1 aliphatic rings. The highest BCUT2D eigenvalue weighted by atomic mass is 14.6. The normalized spacial score (nSPS) is 19.1. The molecular weight excluding hydrogens is 242 g/mol. The van der Waals surface area contributed by atoms with Crippen LogP contribution >= 0.6 is 0 Å². The van der Waals surface area contributed by atoms with E-state index in [1.807, 2.05) is 13.8 Å². The van der Waals surface area contributed by atoms with Crippen LogP contribution in [0.2, 0.25) is 0 Å². The molecule has 108 valence electrons. The highest BCUT2D eigenvalue weighted by Gasteiger charge is 2.30. The van der Waals surface area contributed by atoms with Crippen LogP contribution in [0.5, 0.6) is 0 Å². The molecule has 0 unspecified atom stereocenters. The third-order valence-corrected chi connectivity index (χ3v) is 3.73. The first kappa shape index (κ1) is 16.3. The molecule has 2 N–H and O–H groups in total. The van der Waals surface area contributed by atoms with E-state index in [9.17, 15) is 0 Å². The number of hydrogen-bond acceptors (Lipinski definition) is 1. The van der Waals surface area contributed by atoms with E-state index < -0.39 is 0 Å². The van der Waals surface area contributed by atoms with Gasteiger partial charge in [0.15, 0.2) is 0 Å². The van der Waals surface area contributed by atoms with Crippen LogP contribution in [-0.2, 0) is 0 Å². The molecule has 0 aromatic heterocycles. The van der Waals surface area contributed by atoms with E-state index in [1.165, 1.54) is 27.9 Å². The van der Waals surface area contributed by atoms with Gasteiger partial charge in [-0.1, -0.05) is 42.9 Å². The lowest BCUT2D eigenvalue weighted by atomic mass is 10.1. The molecule has 0 aliphatic heterocycles. The van der Waals surface area contributed by atoms with Gasteiger partial charge in [-0.25, -0.2) is 0 Å². The van der Waals surface area contributed by atoms with E-state index in [4.69, 9.17) is 5.73 Å². The molecular formula is C19H27N. The van der Waals surface area contributed by atoms with Gasteiger partial charge in [0.25, 0.3) is 0 Å². The predicted octanol–water partition coefficient (Wildman–Crippen LogP) is 5.35. The molecule has 0 heterocycles. The molecule has 0 amide bonds. The maximum atomic E-state index is 6.14. The fourth-order valence-corrected chi connectivity index (χ4v) is 2.02. The Bertz CT molecular complexity index is 559. The summed E-state index contributed by atoms with van der Waals surface area (Å²) in [7, 11) is 0. The minimum absolute atomic E-state index is 0.809. The van der Waals surface area contributed by atoms with Crippen molar-refractivity contribution in [2.45, 2.75) is 47.5 Å². The highest BCUT2D eigenvalue weighted by Crippen LogP contribution is 2.47. The van der Waals surface area contributed by atoms with Crippen molar-refractivity contribution in [3.05, 3.63) is 70.0 Å². The zero-order valence-corrected chi connectivity index (χ0v) is 13.6. The van der Waals surface area contributed by atoms with Crippen LogP contribution in [0.25, 0.3) is 0 Å². The van der Waals surface area contributed by atoms with E-state index in [0.29, 0.717) is 0 Å². The van der Waals surface area contributed by atoms with Gasteiger partial charge in [0.2, 0.25) is 0 Å². The Morgan fingerprint density at radius 2 is 1.70 bits per heavy atom. The van der Waals surface area contributed by atoms with Gasteiger partial charge < -0.3 is 5.73 Å². The lowest BCUT2D eigenvalue weighted by Gasteiger charge is -2.01. The molecule has 0 aromatic carbocycles. The van der Waals surface area contributed by atoms with Crippen molar-refractivity contribution < 1.29 is 0 Å². The molecule has 0 atom stereocenters. The van der Waals surface area contributed by atoms with Gasteiger partial charge in [0.05, 0.1) is 0 Å². The van der Waals surface area contributed by atoms with Crippen molar-refractivity contribution in [1.82, 2.24) is 0 Å². The van der Waals surface area contributed by atoms with Gasteiger partial charge in [-0.2, -0.15) is 0 Å². The summed E-state index contributed by atoms with van der Waals surface area (Å²) < 4.78 is 0. The third-order valence-electron chi connectivity index (χ3n) is 3.73. The average Bonchev–Trinajstić information content (AvgIpc) is 3.07. The number of allylic oxidation sites excluding steroid dienone is 9. The quantitative estimate of drug-likeness (QED) is 0.528. The Hall–Kier alpha value is -1.76. The zero-order chi connectivity index (χ0) is 15.4. The van der Waals surface area contributed by atoms with E-state index >= 15 is 0 Å². The van der Waals surface area contributed by atoms with Crippen LogP contribution in [-0.4, -0.2) is 0 Å². The van der Waals surface area contributed by atoms with E-state index in [-0.39, 0.29) is 0 Å². The summed E-state index contributed by atoms with van der Waals surface area (Å²) in [5, 5.41) is 0. The number of rotatable bonds is 5. The second-order valence-electron chi connectivity index (χ2n) is 5.72. The fraction of sp³-hybridized carbons (Fsp3) is 0.368. The molecule has 1 rings (SSSR count). The van der Waals surface area contributed by atoms with Gasteiger partial charge in [0.1, 0.15) is 0 Å². The molecule has 1 aliphatic carbocycles. The van der Waals surface area contributed by atoms with Crippen LogP contribution < -0.4 is 5.73 Å². The largest absolute Gasteiger partial charge is 0.398 e. The molecule has 1 heteroatoms. The summed E-state index contributed by atoms with van der Waals surface area (Å²) in [4.78, 5) is 0. The van der Waals surface area contributed by atoms with Crippen LogP contribution in [0.4, 0.5) is 0 Å². The van der Waals surface area contributed by atoms with E-state index in [2.05, 4.69) is 46.1 Å². The van der Waals surface area contributed by atoms with Crippen molar-refractivity contribution in [3.63, 3.8) is 0 Å². The molecule has 20 heavy (non-hydrogen) atoms. The van der Waals surface area contributed by atoms with Crippen molar-refractivity contribution in [2.75, 3.05) is 0 Å². The summed E-state index contributed by atoms with van der Waals surface area (Å²) >= 11 is 0. The Labute approximate surface area is 124 Å². The number of hydrogen-bond donors (Lipinski definition) is 1. The minimum atomic E-state index is 0.809. The van der Waals surface area contributed by atoms with Crippen LogP contribution in [0.1, 0.15) is 47.5 Å². The Morgan fingerprint density at radius 1 is 1.10 bits per heavy atom. The maximum absolute atomic E-state index is 6.14. The SMILES string of the molecule is C=C(CC)C\C=C1/C(=C(C)C)/C1=C/C(N)=C(/C)C(=C)C. The Balaban J connectivity index is 3.07. The lowest BCUT2D eigenvalue weighted by Crippen LogP contribution is -1.97. The first-order valence-electron chi connectivity index (χ1n) is 7.18. The zero-order valence-electron chi connectivity index (χ0n) is 13.6. The minimum Gasteiger partial charge on any atom is -0.398 e. The van der Waals surface area contributed by atoms with Crippen molar-refractivity contribution in [2.24, 2.45) is 5.73 Å². The molecule has 1 fully saturated rings. The Morgan fingerprint density at radius 3 is 2.15 bits per heavy atom. The van der Waals surface area contributed by atoms with Crippen LogP contribution in [0.15, 0.2) is 70.0 Å². The summed E-state index contributed by atoms with van der Waals surface area (Å²) in [5.74, 6) is 0. The van der Waals surface area contributed by atoms with Gasteiger partial charge in [-0.05, 0) is 68.9 Å². The standard InChI is InChI=1S/C19H27N/c1-8-14(6)9-10-16-17(19(16)13(4)5)11-18(20)15(7)12(2)3/h10-11H,2,6,8-9,20H2,1,3-5,7H3/b16-10-,17-11+,18-15+. The summed E-state index contributed by atoms with van der Waals surface area (Å²) in [6, 6.07) is 0. The van der Waals surface area contributed by atoms with Crippen LogP contribution in [0, 0.1) is 0 Å².